The highest BCUT2D eigenvalue weighted by Crippen LogP contribution is 2.38. The molecular weight excluding hydrogens is 186 g/mol. The standard InChI is InChI=1S/C13H21NO/c1-7-13(6)11(9(4)5)14-10(8(2)3)12(13)15/h9H,7H2,1-6H3. The first kappa shape index (κ1) is 12.2. The van der Waals surface area contributed by atoms with Gasteiger partial charge < -0.3 is 0 Å². The Morgan fingerprint density at radius 3 is 2.20 bits per heavy atom. The molecular formula is C13H21NO. The lowest BCUT2D eigenvalue weighted by molar-refractivity contribution is -0.120. The predicted octanol–water partition coefficient (Wildman–Crippen LogP) is 3.38. The Morgan fingerprint density at radius 1 is 1.40 bits per heavy atom. The van der Waals surface area contributed by atoms with E-state index in [1.54, 1.807) is 0 Å². The van der Waals surface area contributed by atoms with Gasteiger partial charge in [-0.3, -0.25) is 9.79 Å². The number of Topliss-reactive ketones (excluding diaryl/α,β-unsaturated/α-hetero) is 1. The first-order valence-electron chi connectivity index (χ1n) is 5.66. The average molecular weight is 207 g/mol. The van der Waals surface area contributed by atoms with Gasteiger partial charge in [-0.25, -0.2) is 0 Å². The van der Waals surface area contributed by atoms with Crippen LogP contribution in [0.5, 0.6) is 0 Å². The van der Waals surface area contributed by atoms with Gasteiger partial charge in [0.1, 0.15) is 5.70 Å². The summed E-state index contributed by atoms with van der Waals surface area (Å²) in [6, 6.07) is 0. The Hall–Kier alpha value is -0.920. The third-order valence-electron chi connectivity index (χ3n) is 3.24. The molecule has 0 aromatic heterocycles. The summed E-state index contributed by atoms with van der Waals surface area (Å²) in [6.07, 6.45) is 0.833. The molecule has 0 spiro atoms. The molecule has 1 atom stereocenters. The third-order valence-corrected chi connectivity index (χ3v) is 3.24. The minimum Gasteiger partial charge on any atom is -0.291 e. The molecule has 84 valence electrons. The fraction of sp³-hybridized carbons (Fsp3) is 0.692. The van der Waals surface area contributed by atoms with Gasteiger partial charge in [0.15, 0.2) is 5.78 Å². The monoisotopic (exact) mass is 207 g/mol. The van der Waals surface area contributed by atoms with Crippen LogP contribution in [0.4, 0.5) is 0 Å². The minimum absolute atomic E-state index is 0.203. The maximum absolute atomic E-state index is 12.2. The van der Waals surface area contributed by atoms with Crippen molar-refractivity contribution in [3.05, 3.63) is 11.3 Å². The van der Waals surface area contributed by atoms with E-state index in [1.807, 2.05) is 20.8 Å². The van der Waals surface area contributed by atoms with Crippen molar-refractivity contribution in [1.82, 2.24) is 0 Å². The molecule has 0 radical (unpaired) electrons. The van der Waals surface area contributed by atoms with Crippen molar-refractivity contribution < 1.29 is 4.79 Å². The van der Waals surface area contributed by atoms with E-state index in [1.165, 1.54) is 0 Å². The number of hydrogen-bond acceptors (Lipinski definition) is 2. The zero-order chi connectivity index (χ0) is 11.8. The molecule has 2 nitrogen and oxygen atoms in total. The van der Waals surface area contributed by atoms with Gasteiger partial charge in [-0.1, -0.05) is 20.8 Å². The van der Waals surface area contributed by atoms with Crippen molar-refractivity contribution in [2.75, 3.05) is 0 Å². The summed E-state index contributed by atoms with van der Waals surface area (Å²) < 4.78 is 0. The first-order chi connectivity index (χ1) is 6.84. The van der Waals surface area contributed by atoms with Gasteiger partial charge in [-0.2, -0.15) is 0 Å². The van der Waals surface area contributed by atoms with Gasteiger partial charge in [-0.15, -0.1) is 0 Å². The quantitative estimate of drug-likeness (QED) is 0.638. The zero-order valence-electron chi connectivity index (χ0n) is 10.6. The third kappa shape index (κ3) is 1.77. The number of aliphatic imine (C=N–C) groups is 1. The van der Waals surface area contributed by atoms with Crippen LogP contribution >= 0.6 is 0 Å². The van der Waals surface area contributed by atoms with E-state index in [0.717, 1.165) is 17.7 Å². The van der Waals surface area contributed by atoms with E-state index in [-0.39, 0.29) is 11.2 Å². The summed E-state index contributed by atoms with van der Waals surface area (Å²) in [5.74, 6) is 0.546. The van der Waals surface area contributed by atoms with Crippen molar-refractivity contribution in [2.45, 2.75) is 48.0 Å². The van der Waals surface area contributed by atoms with Crippen LogP contribution in [0.25, 0.3) is 0 Å². The van der Waals surface area contributed by atoms with Crippen molar-refractivity contribution in [2.24, 2.45) is 16.3 Å². The SMILES string of the molecule is CCC1(C)C(=O)C(=C(C)C)N=C1C(C)C. The smallest absolute Gasteiger partial charge is 0.192 e. The van der Waals surface area contributed by atoms with Crippen LogP contribution in [0.1, 0.15) is 48.0 Å². The van der Waals surface area contributed by atoms with Crippen molar-refractivity contribution in [3.63, 3.8) is 0 Å². The van der Waals surface area contributed by atoms with Gasteiger partial charge in [0, 0.05) is 5.71 Å². The van der Waals surface area contributed by atoms with Crippen LogP contribution in [-0.2, 0) is 4.79 Å². The van der Waals surface area contributed by atoms with E-state index in [4.69, 9.17) is 0 Å². The molecule has 0 amide bonds. The maximum Gasteiger partial charge on any atom is 0.192 e. The molecule has 0 saturated carbocycles. The lowest BCUT2D eigenvalue weighted by Crippen LogP contribution is -2.34. The molecule has 0 aromatic carbocycles. The molecule has 15 heavy (non-hydrogen) atoms. The molecule has 1 heterocycles. The van der Waals surface area contributed by atoms with Crippen LogP contribution in [0.3, 0.4) is 0 Å². The van der Waals surface area contributed by atoms with Crippen LogP contribution in [0, 0.1) is 11.3 Å². The number of allylic oxidation sites excluding steroid dienone is 2. The van der Waals surface area contributed by atoms with Crippen LogP contribution in [0.15, 0.2) is 16.3 Å². The van der Waals surface area contributed by atoms with Crippen molar-refractivity contribution in [1.29, 1.82) is 0 Å². The Kier molecular flexibility index (Phi) is 3.17. The molecule has 0 aliphatic carbocycles. The molecule has 2 heteroatoms. The number of rotatable bonds is 2. The molecule has 0 aromatic rings. The second kappa shape index (κ2) is 3.92. The van der Waals surface area contributed by atoms with Gasteiger partial charge in [0.05, 0.1) is 5.41 Å². The van der Waals surface area contributed by atoms with E-state index < -0.39 is 0 Å². The van der Waals surface area contributed by atoms with Crippen LogP contribution in [-0.4, -0.2) is 11.5 Å². The van der Waals surface area contributed by atoms with Crippen molar-refractivity contribution in [3.8, 4) is 0 Å². The van der Waals surface area contributed by atoms with Crippen molar-refractivity contribution >= 4 is 11.5 Å². The second-order valence-electron chi connectivity index (χ2n) is 5.02. The Balaban J connectivity index is 3.31. The highest BCUT2D eigenvalue weighted by atomic mass is 16.1. The van der Waals surface area contributed by atoms with Gasteiger partial charge in [-0.05, 0) is 38.7 Å². The number of ketones is 1. The minimum atomic E-state index is -0.360. The summed E-state index contributed by atoms with van der Waals surface area (Å²) in [5, 5.41) is 0. The predicted molar refractivity (Wildman–Crippen MR) is 64.1 cm³/mol. The molecule has 1 unspecified atom stereocenters. The summed E-state index contributed by atoms with van der Waals surface area (Å²) >= 11 is 0. The lowest BCUT2D eigenvalue weighted by atomic mass is 9.75. The molecule has 1 aliphatic heterocycles. The highest BCUT2D eigenvalue weighted by Gasteiger charge is 2.44. The first-order valence-corrected chi connectivity index (χ1v) is 5.66. The Labute approximate surface area is 92.5 Å². The summed E-state index contributed by atoms with van der Waals surface area (Å²) in [6.45, 7) is 12.2. The largest absolute Gasteiger partial charge is 0.291 e. The highest BCUT2D eigenvalue weighted by molar-refractivity contribution is 6.22. The number of hydrogen-bond donors (Lipinski definition) is 0. The molecule has 0 saturated heterocycles. The molecule has 1 aliphatic rings. The number of nitrogens with zero attached hydrogens (tertiary/aromatic N) is 1. The van der Waals surface area contributed by atoms with Crippen LogP contribution < -0.4 is 0 Å². The second-order valence-corrected chi connectivity index (χ2v) is 5.02. The fourth-order valence-corrected chi connectivity index (χ4v) is 2.12. The van der Waals surface area contributed by atoms with Crippen LogP contribution in [0.2, 0.25) is 0 Å². The summed E-state index contributed by atoms with van der Waals surface area (Å²) in [4.78, 5) is 16.8. The number of carbonyl (C=O) groups is 1. The topological polar surface area (TPSA) is 29.4 Å². The van der Waals surface area contributed by atoms with E-state index in [0.29, 0.717) is 11.6 Å². The Bertz CT molecular complexity index is 346. The maximum atomic E-state index is 12.2. The van der Waals surface area contributed by atoms with Gasteiger partial charge in [0.25, 0.3) is 0 Å². The average Bonchev–Trinajstić information content (AvgIpc) is 2.41. The normalized spacial score (nSPS) is 26.2. The van der Waals surface area contributed by atoms with E-state index in [9.17, 15) is 4.79 Å². The summed E-state index contributed by atoms with van der Waals surface area (Å²) in [7, 11) is 0. The van der Waals surface area contributed by atoms with E-state index in [2.05, 4.69) is 25.8 Å². The number of carbonyl (C=O) groups excluding carboxylic acids is 1. The fourth-order valence-electron chi connectivity index (χ4n) is 2.12. The Morgan fingerprint density at radius 2 is 1.93 bits per heavy atom. The molecule has 1 rings (SSSR count). The molecule has 0 fully saturated rings. The lowest BCUT2D eigenvalue weighted by Gasteiger charge is -2.24. The molecule has 0 bridgehead atoms. The molecule has 0 N–H and O–H groups in total. The zero-order valence-corrected chi connectivity index (χ0v) is 10.6. The van der Waals surface area contributed by atoms with E-state index >= 15 is 0 Å². The van der Waals surface area contributed by atoms with Gasteiger partial charge in [0.2, 0.25) is 0 Å². The van der Waals surface area contributed by atoms with Gasteiger partial charge >= 0.3 is 0 Å². The summed E-state index contributed by atoms with van der Waals surface area (Å²) in [5.41, 5.74) is 2.39.